The van der Waals surface area contributed by atoms with Crippen LogP contribution in [0, 0.1) is 5.41 Å². The van der Waals surface area contributed by atoms with Gasteiger partial charge in [-0.15, -0.1) is 0 Å². The third kappa shape index (κ3) is 1.67. The Labute approximate surface area is 105 Å². The van der Waals surface area contributed by atoms with Crippen molar-refractivity contribution in [1.82, 2.24) is 0 Å². The summed E-state index contributed by atoms with van der Waals surface area (Å²) in [6.07, 6.45) is -0.133. The van der Waals surface area contributed by atoms with Gasteiger partial charge in [0.2, 0.25) is 0 Å². The standard InChI is InChI=1S/C13H16ClF2N/c1-11(2,9-3-5-10(14)6-4-9)12(8-17)7-13(12,15)16/h3-6H,7-8,17H2,1-2H3. The summed E-state index contributed by atoms with van der Waals surface area (Å²) in [6, 6.07) is 7.05. The SMILES string of the molecule is CC(C)(c1ccc(Cl)cc1)C1(CN)CC1(F)F. The van der Waals surface area contributed by atoms with E-state index >= 15 is 0 Å². The molecule has 1 fully saturated rings. The van der Waals surface area contributed by atoms with Gasteiger partial charge in [-0.2, -0.15) is 0 Å². The molecule has 0 amide bonds. The summed E-state index contributed by atoms with van der Waals surface area (Å²) in [7, 11) is 0. The molecule has 1 saturated carbocycles. The normalized spacial score (nSPS) is 26.9. The molecule has 17 heavy (non-hydrogen) atoms. The Balaban J connectivity index is 2.40. The molecular weight excluding hydrogens is 244 g/mol. The summed E-state index contributed by atoms with van der Waals surface area (Å²) < 4.78 is 27.2. The number of nitrogens with two attached hydrogens (primary N) is 1. The van der Waals surface area contributed by atoms with Crippen LogP contribution in [0.3, 0.4) is 0 Å². The van der Waals surface area contributed by atoms with Gasteiger partial charge in [0, 0.05) is 23.4 Å². The summed E-state index contributed by atoms with van der Waals surface area (Å²) in [4.78, 5) is 0. The van der Waals surface area contributed by atoms with Gasteiger partial charge >= 0.3 is 0 Å². The number of hydrogen-bond donors (Lipinski definition) is 1. The quantitative estimate of drug-likeness (QED) is 0.882. The van der Waals surface area contributed by atoms with Crippen molar-refractivity contribution in [3.8, 4) is 0 Å². The van der Waals surface area contributed by atoms with Gasteiger partial charge in [-0.25, -0.2) is 8.78 Å². The zero-order valence-electron chi connectivity index (χ0n) is 9.93. The molecule has 1 atom stereocenters. The summed E-state index contributed by atoms with van der Waals surface area (Å²) in [6.45, 7) is 3.64. The van der Waals surface area contributed by atoms with Crippen LogP contribution in [-0.2, 0) is 5.41 Å². The molecule has 0 saturated heterocycles. The molecule has 1 nitrogen and oxygen atoms in total. The minimum absolute atomic E-state index is 0.00434. The highest BCUT2D eigenvalue weighted by molar-refractivity contribution is 6.30. The Morgan fingerprint density at radius 2 is 1.76 bits per heavy atom. The van der Waals surface area contributed by atoms with Gasteiger partial charge in [0.15, 0.2) is 0 Å². The van der Waals surface area contributed by atoms with Crippen molar-refractivity contribution < 1.29 is 8.78 Å². The minimum Gasteiger partial charge on any atom is -0.330 e. The van der Waals surface area contributed by atoms with Gasteiger partial charge in [-0.1, -0.05) is 37.6 Å². The molecule has 0 spiro atoms. The predicted octanol–water partition coefficient (Wildman–Crippen LogP) is 3.60. The number of halogens is 3. The van der Waals surface area contributed by atoms with Crippen molar-refractivity contribution in [2.24, 2.45) is 11.1 Å². The zero-order chi connectivity index (χ0) is 12.9. The Hall–Kier alpha value is -0.670. The fourth-order valence-corrected chi connectivity index (χ4v) is 2.76. The van der Waals surface area contributed by atoms with Gasteiger partial charge < -0.3 is 5.73 Å². The molecule has 1 aromatic rings. The molecule has 0 aromatic heterocycles. The molecule has 0 heterocycles. The summed E-state index contributed by atoms with van der Waals surface area (Å²) in [5, 5.41) is 0.605. The van der Waals surface area contributed by atoms with Crippen molar-refractivity contribution in [2.45, 2.75) is 31.6 Å². The van der Waals surface area contributed by atoms with Gasteiger partial charge in [0.25, 0.3) is 5.92 Å². The highest BCUT2D eigenvalue weighted by Gasteiger charge is 2.76. The highest BCUT2D eigenvalue weighted by Crippen LogP contribution is 2.68. The largest absolute Gasteiger partial charge is 0.330 e. The Kier molecular flexibility index (Phi) is 2.75. The van der Waals surface area contributed by atoms with Crippen LogP contribution in [0.5, 0.6) is 0 Å². The minimum atomic E-state index is -2.66. The maximum Gasteiger partial charge on any atom is 0.256 e. The number of alkyl halides is 2. The monoisotopic (exact) mass is 259 g/mol. The third-order valence-electron chi connectivity index (χ3n) is 4.21. The fourth-order valence-electron chi connectivity index (χ4n) is 2.63. The number of hydrogen-bond acceptors (Lipinski definition) is 1. The van der Waals surface area contributed by atoms with E-state index in [0.29, 0.717) is 5.02 Å². The van der Waals surface area contributed by atoms with Gasteiger partial charge in [0.1, 0.15) is 0 Å². The molecule has 0 bridgehead atoms. The molecule has 0 radical (unpaired) electrons. The van der Waals surface area contributed by atoms with Crippen LogP contribution in [0.2, 0.25) is 5.02 Å². The van der Waals surface area contributed by atoms with E-state index in [-0.39, 0.29) is 13.0 Å². The van der Waals surface area contributed by atoms with Crippen molar-refractivity contribution in [1.29, 1.82) is 0 Å². The lowest BCUT2D eigenvalue weighted by Gasteiger charge is -2.34. The summed E-state index contributed by atoms with van der Waals surface area (Å²) in [5.41, 5.74) is 4.67. The van der Waals surface area contributed by atoms with E-state index in [2.05, 4.69) is 0 Å². The van der Waals surface area contributed by atoms with Crippen LogP contribution in [0.4, 0.5) is 8.78 Å². The maximum atomic E-state index is 13.6. The molecular formula is C13H16ClF2N. The van der Waals surface area contributed by atoms with E-state index < -0.39 is 16.8 Å². The highest BCUT2D eigenvalue weighted by atomic mass is 35.5. The molecule has 2 N–H and O–H groups in total. The Bertz CT molecular complexity index is 428. The summed E-state index contributed by atoms with van der Waals surface area (Å²) >= 11 is 5.81. The van der Waals surface area contributed by atoms with Crippen molar-refractivity contribution in [3.63, 3.8) is 0 Å². The van der Waals surface area contributed by atoms with E-state index in [1.807, 2.05) is 13.8 Å². The predicted molar refractivity (Wildman–Crippen MR) is 65.5 cm³/mol. The first kappa shape index (κ1) is 12.8. The molecule has 0 aliphatic heterocycles. The molecule has 94 valence electrons. The number of benzene rings is 1. The van der Waals surface area contributed by atoms with E-state index in [1.54, 1.807) is 24.3 Å². The third-order valence-corrected chi connectivity index (χ3v) is 4.46. The van der Waals surface area contributed by atoms with E-state index in [0.717, 1.165) is 5.56 Å². The lowest BCUT2D eigenvalue weighted by Crippen LogP contribution is -2.40. The first-order chi connectivity index (χ1) is 7.77. The van der Waals surface area contributed by atoms with E-state index in [4.69, 9.17) is 17.3 Å². The number of rotatable bonds is 3. The topological polar surface area (TPSA) is 26.0 Å². The van der Waals surface area contributed by atoms with E-state index in [1.165, 1.54) is 0 Å². The van der Waals surface area contributed by atoms with Crippen LogP contribution < -0.4 is 5.73 Å². The lowest BCUT2D eigenvalue weighted by molar-refractivity contribution is 0.0379. The van der Waals surface area contributed by atoms with Crippen molar-refractivity contribution in [2.75, 3.05) is 6.54 Å². The zero-order valence-corrected chi connectivity index (χ0v) is 10.7. The first-order valence-corrected chi connectivity index (χ1v) is 5.99. The van der Waals surface area contributed by atoms with Crippen LogP contribution >= 0.6 is 11.6 Å². The second kappa shape index (κ2) is 3.66. The lowest BCUT2D eigenvalue weighted by atomic mass is 9.70. The molecule has 4 heteroatoms. The van der Waals surface area contributed by atoms with Crippen LogP contribution in [0.15, 0.2) is 24.3 Å². The van der Waals surface area contributed by atoms with Crippen LogP contribution in [0.1, 0.15) is 25.8 Å². The van der Waals surface area contributed by atoms with Crippen molar-refractivity contribution >= 4 is 11.6 Å². The molecule has 2 rings (SSSR count). The Morgan fingerprint density at radius 1 is 1.29 bits per heavy atom. The summed E-state index contributed by atoms with van der Waals surface area (Å²) in [5.74, 6) is -2.66. The average Bonchev–Trinajstić information content (AvgIpc) is 2.84. The smallest absolute Gasteiger partial charge is 0.256 e. The van der Waals surface area contributed by atoms with Gasteiger partial charge in [-0.3, -0.25) is 0 Å². The second-order valence-electron chi connectivity index (χ2n) is 5.30. The van der Waals surface area contributed by atoms with Crippen molar-refractivity contribution in [3.05, 3.63) is 34.9 Å². The molecule has 1 unspecified atom stereocenters. The van der Waals surface area contributed by atoms with E-state index in [9.17, 15) is 8.78 Å². The van der Waals surface area contributed by atoms with Gasteiger partial charge in [-0.05, 0) is 17.7 Å². The molecule has 1 aliphatic carbocycles. The first-order valence-electron chi connectivity index (χ1n) is 5.61. The Morgan fingerprint density at radius 3 is 2.12 bits per heavy atom. The molecule has 1 aliphatic rings. The fraction of sp³-hybridized carbons (Fsp3) is 0.538. The second-order valence-corrected chi connectivity index (χ2v) is 5.74. The maximum absolute atomic E-state index is 13.6. The van der Waals surface area contributed by atoms with Gasteiger partial charge in [0.05, 0.1) is 5.41 Å². The van der Waals surface area contributed by atoms with Crippen LogP contribution in [-0.4, -0.2) is 12.5 Å². The average molecular weight is 260 g/mol. The van der Waals surface area contributed by atoms with Crippen LogP contribution in [0.25, 0.3) is 0 Å². The molecule has 1 aromatic carbocycles.